The Balaban J connectivity index is 1.90. The number of methoxy groups -OCH3 is 2. The van der Waals surface area contributed by atoms with Gasteiger partial charge in [-0.3, -0.25) is 9.79 Å². The zero-order chi connectivity index (χ0) is 27.0. The Labute approximate surface area is 212 Å². The number of hydrogen-bond acceptors (Lipinski definition) is 8. The monoisotopic (exact) mass is 504 g/mol. The second kappa shape index (κ2) is 9.81. The second-order valence-electron chi connectivity index (χ2n) is 8.80. The van der Waals surface area contributed by atoms with E-state index < -0.39 is 36.5 Å². The van der Waals surface area contributed by atoms with Crippen molar-refractivity contribution in [3.05, 3.63) is 75.7 Å². The van der Waals surface area contributed by atoms with E-state index in [1.54, 1.807) is 12.3 Å². The van der Waals surface area contributed by atoms with Crippen LogP contribution in [0.5, 0.6) is 0 Å². The number of aromatic nitrogens is 1. The van der Waals surface area contributed by atoms with Crippen molar-refractivity contribution in [1.29, 1.82) is 0 Å². The number of aliphatic carboxylic acids is 2. The molecular weight excluding hydrogens is 480 g/mol. The maximum absolute atomic E-state index is 12.6. The van der Waals surface area contributed by atoms with Crippen LogP contribution in [0.4, 0.5) is 0 Å². The molecule has 2 aliphatic carbocycles. The van der Waals surface area contributed by atoms with Gasteiger partial charge in [-0.05, 0) is 47.8 Å². The number of nitrogens with zero attached hydrogens (tertiary/aromatic N) is 2. The van der Waals surface area contributed by atoms with E-state index >= 15 is 0 Å². The van der Waals surface area contributed by atoms with Crippen molar-refractivity contribution < 1.29 is 43.4 Å². The third-order valence-corrected chi connectivity index (χ3v) is 6.24. The molecule has 1 aliphatic heterocycles. The number of carbonyl (C=O) groups excluding carboxylic acids is 3. The van der Waals surface area contributed by atoms with Gasteiger partial charge in [0.05, 0.1) is 32.2 Å². The molecule has 1 aromatic heterocycles. The Morgan fingerprint density at radius 3 is 2.41 bits per heavy atom. The van der Waals surface area contributed by atoms with E-state index in [4.69, 9.17) is 9.47 Å². The predicted molar refractivity (Wildman–Crippen MR) is 129 cm³/mol. The average molecular weight is 504 g/mol. The molecular formula is C27H24N2O8. The van der Waals surface area contributed by atoms with Crippen LogP contribution in [0.2, 0.25) is 0 Å². The predicted octanol–water partition coefficient (Wildman–Crippen LogP) is 0.965. The van der Waals surface area contributed by atoms with Gasteiger partial charge < -0.3 is 24.5 Å². The summed E-state index contributed by atoms with van der Waals surface area (Å²) < 4.78 is 11.2. The van der Waals surface area contributed by atoms with Gasteiger partial charge >= 0.3 is 17.9 Å². The molecule has 0 saturated carbocycles. The van der Waals surface area contributed by atoms with Gasteiger partial charge in [-0.25, -0.2) is 9.59 Å². The smallest absolute Gasteiger partial charge is 0.356 e. The van der Waals surface area contributed by atoms with Crippen LogP contribution in [-0.4, -0.2) is 55.0 Å². The van der Waals surface area contributed by atoms with Crippen molar-refractivity contribution in [2.45, 2.75) is 32.9 Å². The quantitative estimate of drug-likeness (QED) is 0.427. The van der Waals surface area contributed by atoms with E-state index in [1.807, 2.05) is 32.1 Å². The number of dihydropyridines is 1. The lowest BCUT2D eigenvalue weighted by Crippen LogP contribution is -2.44. The van der Waals surface area contributed by atoms with Crippen LogP contribution in [0.25, 0.3) is 11.1 Å². The molecule has 190 valence electrons. The Hall–Kier alpha value is -4.60. The van der Waals surface area contributed by atoms with Crippen molar-refractivity contribution in [2.24, 2.45) is 4.99 Å². The topological polar surface area (TPSA) is 146 Å². The van der Waals surface area contributed by atoms with Crippen LogP contribution in [0.15, 0.2) is 64.0 Å². The molecule has 0 saturated heterocycles. The van der Waals surface area contributed by atoms with Crippen molar-refractivity contribution in [2.75, 3.05) is 14.2 Å². The molecule has 0 fully saturated rings. The minimum Gasteiger partial charge on any atom is -0.544 e. The first-order valence-corrected chi connectivity index (χ1v) is 11.3. The number of aliphatic imine (C=N–C) groups is 1. The Morgan fingerprint density at radius 2 is 1.78 bits per heavy atom. The molecule has 37 heavy (non-hydrogen) atoms. The van der Waals surface area contributed by atoms with Crippen LogP contribution < -0.4 is 9.67 Å². The van der Waals surface area contributed by atoms with Gasteiger partial charge in [0.1, 0.15) is 11.5 Å². The van der Waals surface area contributed by atoms with E-state index in [0.717, 1.165) is 11.1 Å². The van der Waals surface area contributed by atoms with Crippen molar-refractivity contribution in [1.82, 2.24) is 0 Å². The Kier molecular flexibility index (Phi) is 6.76. The minimum absolute atomic E-state index is 0.0282. The molecule has 0 radical (unpaired) electrons. The van der Waals surface area contributed by atoms with E-state index in [2.05, 4.69) is 4.99 Å². The first kappa shape index (κ1) is 25.5. The highest BCUT2D eigenvalue weighted by Crippen LogP contribution is 2.41. The summed E-state index contributed by atoms with van der Waals surface area (Å²) >= 11 is 0. The molecule has 0 bridgehead atoms. The zero-order valence-electron chi connectivity index (χ0n) is 20.7. The molecule has 2 heterocycles. The van der Waals surface area contributed by atoms with Gasteiger partial charge in [-0.1, -0.05) is 18.2 Å². The normalized spacial score (nSPS) is 18.9. The van der Waals surface area contributed by atoms with Crippen molar-refractivity contribution in [3.63, 3.8) is 0 Å². The van der Waals surface area contributed by atoms with Crippen LogP contribution in [-0.2, 0) is 30.4 Å². The summed E-state index contributed by atoms with van der Waals surface area (Å²) in [4.78, 5) is 52.1. The van der Waals surface area contributed by atoms with Gasteiger partial charge in [-0.15, -0.1) is 0 Å². The minimum atomic E-state index is -1.32. The summed E-state index contributed by atoms with van der Waals surface area (Å²) in [6.07, 6.45) is 10.00. The largest absolute Gasteiger partial charge is 0.544 e. The standard InChI is InChI=1S/C27H24N2O8/c1-13-5-16(24-18(13)8-17(9-21(30)31)28-25(24)27(35)37-4)7-15-6-14(2)23-19(15)10-29(12-22(32)33)11-20(23)26(34)36-3/h5-8,10-11,17H,9,12H2,1-4H3,(H-,30,31,32,33)/b15-7+. The summed E-state index contributed by atoms with van der Waals surface area (Å²) in [5.74, 6) is -3.66. The lowest BCUT2D eigenvalue weighted by molar-refractivity contribution is -0.691. The van der Waals surface area contributed by atoms with E-state index in [-0.39, 0.29) is 17.7 Å². The van der Waals surface area contributed by atoms with E-state index in [0.29, 0.717) is 33.4 Å². The lowest BCUT2D eigenvalue weighted by Gasteiger charge is -2.20. The highest BCUT2D eigenvalue weighted by atomic mass is 16.5. The first-order chi connectivity index (χ1) is 17.5. The van der Waals surface area contributed by atoms with Crippen molar-refractivity contribution in [3.8, 4) is 0 Å². The number of carbonyl (C=O) groups is 4. The Morgan fingerprint density at radius 1 is 1.08 bits per heavy atom. The highest BCUT2D eigenvalue weighted by Gasteiger charge is 2.34. The molecule has 1 atom stereocenters. The summed E-state index contributed by atoms with van der Waals surface area (Å²) in [6.45, 7) is 3.21. The molecule has 4 rings (SSSR count). The molecule has 0 aromatic carbocycles. The number of allylic oxidation sites excluding steroid dienone is 8. The number of rotatable bonds is 7. The summed E-state index contributed by atoms with van der Waals surface area (Å²) in [6, 6.07) is -0.721. The number of hydrogen-bond donors (Lipinski definition) is 1. The van der Waals surface area contributed by atoms with Gasteiger partial charge in [0.15, 0.2) is 24.7 Å². The average Bonchev–Trinajstić information content (AvgIpc) is 3.32. The number of fused-ring (bicyclic) bond motifs is 2. The van der Waals surface area contributed by atoms with Gasteiger partial charge in [0, 0.05) is 11.1 Å². The molecule has 3 aliphatic rings. The second-order valence-corrected chi connectivity index (χ2v) is 8.80. The lowest BCUT2D eigenvalue weighted by atomic mass is 9.91. The van der Waals surface area contributed by atoms with Crippen LogP contribution in [0, 0.1) is 0 Å². The number of esters is 2. The number of carboxylic acid groups (broad SMARTS) is 2. The number of pyridine rings is 1. The molecule has 1 aromatic rings. The molecule has 1 unspecified atom stereocenters. The highest BCUT2D eigenvalue weighted by molar-refractivity contribution is 6.45. The maximum atomic E-state index is 12.6. The molecule has 10 heteroatoms. The molecule has 10 nitrogen and oxygen atoms in total. The third kappa shape index (κ3) is 4.77. The van der Waals surface area contributed by atoms with Crippen molar-refractivity contribution >= 4 is 40.7 Å². The van der Waals surface area contributed by atoms with Crippen LogP contribution in [0.1, 0.15) is 41.8 Å². The van der Waals surface area contributed by atoms with Crippen LogP contribution in [0.3, 0.4) is 0 Å². The fourth-order valence-corrected chi connectivity index (χ4v) is 4.79. The van der Waals surface area contributed by atoms with E-state index in [9.17, 15) is 29.4 Å². The summed E-state index contributed by atoms with van der Waals surface area (Å²) in [7, 11) is 2.48. The zero-order valence-corrected chi connectivity index (χ0v) is 20.7. The fraction of sp³-hybridized carbons (Fsp3) is 0.259. The van der Waals surface area contributed by atoms with E-state index in [1.165, 1.54) is 25.0 Å². The number of ether oxygens (including phenoxy) is 2. The number of carboxylic acids is 2. The maximum Gasteiger partial charge on any atom is 0.356 e. The SMILES string of the molecule is COC(=O)C1=NC(CC(=O)O)C=C2C(C)=CC(/C=C3\C=C(C)c4c(C(=O)OC)c[n+](CC(=O)[O-])cc43)=C21. The summed E-state index contributed by atoms with van der Waals surface area (Å²) in [5, 5.41) is 20.5. The van der Waals surface area contributed by atoms with Gasteiger partial charge in [-0.2, -0.15) is 4.57 Å². The Bertz CT molecular complexity index is 1450. The third-order valence-electron chi connectivity index (χ3n) is 6.24. The first-order valence-electron chi connectivity index (χ1n) is 11.3. The summed E-state index contributed by atoms with van der Waals surface area (Å²) in [5.41, 5.74) is 5.58. The molecule has 0 spiro atoms. The fourth-order valence-electron chi connectivity index (χ4n) is 4.79. The molecule has 1 N–H and O–H groups in total. The molecule has 0 amide bonds. The van der Waals surface area contributed by atoms with Gasteiger partial charge in [0.25, 0.3) is 0 Å². The van der Waals surface area contributed by atoms with Crippen LogP contribution >= 0.6 is 0 Å². The van der Waals surface area contributed by atoms with Gasteiger partial charge in [0.2, 0.25) is 0 Å².